The van der Waals surface area contributed by atoms with Gasteiger partial charge in [0.1, 0.15) is 18.7 Å². The molecule has 0 saturated carbocycles. The van der Waals surface area contributed by atoms with Gasteiger partial charge in [-0.2, -0.15) is 0 Å². The first kappa shape index (κ1) is 23.0. The summed E-state index contributed by atoms with van der Waals surface area (Å²) in [4.78, 5) is 51.3. The Kier molecular flexibility index (Phi) is 7.96. The Morgan fingerprint density at radius 2 is 1.62 bits per heavy atom. The predicted octanol–water partition coefficient (Wildman–Crippen LogP) is 2.26. The summed E-state index contributed by atoms with van der Waals surface area (Å²) in [6.45, 7) is 0.474. The quantitative estimate of drug-likeness (QED) is 0.501. The largest absolute Gasteiger partial charge is 0.463 e. The van der Waals surface area contributed by atoms with Crippen LogP contribution in [0.5, 0.6) is 0 Å². The van der Waals surface area contributed by atoms with E-state index in [-0.39, 0.29) is 13.0 Å². The first-order valence-electron chi connectivity index (χ1n) is 10.4. The molecule has 1 fully saturated rings. The summed E-state index contributed by atoms with van der Waals surface area (Å²) in [5.41, 5.74) is 1.62. The number of carbonyl (C=O) groups is 4. The highest BCUT2D eigenvalue weighted by atomic mass is 16.6. The fourth-order valence-electron chi connectivity index (χ4n) is 3.63. The number of rotatable bonds is 8. The number of nitrogens with one attached hydrogen (secondary N) is 1. The average molecular weight is 438 g/mol. The molecule has 2 aromatic rings. The lowest BCUT2D eigenvalue weighted by atomic mass is 10.0. The van der Waals surface area contributed by atoms with Gasteiger partial charge in [0.15, 0.2) is 0 Å². The highest BCUT2D eigenvalue weighted by Crippen LogP contribution is 2.20. The third-order valence-corrected chi connectivity index (χ3v) is 5.30. The molecule has 2 amide bonds. The zero-order valence-electron chi connectivity index (χ0n) is 17.9. The third-order valence-electron chi connectivity index (χ3n) is 5.30. The topological polar surface area (TPSA) is 102 Å². The van der Waals surface area contributed by atoms with Crippen molar-refractivity contribution < 1.29 is 28.7 Å². The Balaban J connectivity index is 1.66. The Morgan fingerprint density at radius 1 is 1.00 bits per heavy atom. The van der Waals surface area contributed by atoms with Crippen molar-refractivity contribution >= 4 is 23.8 Å². The molecule has 1 heterocycles. The van der Waals surface area contributed by atoms with E-state index in [1.165, 1.54) is 4.90 Å². The summed E-state index contributed by atoms with van der Waals surface area (Å²) in [7, 11) is 1.11. The molecule has 0 spiro atoms. The van der Waals surface area contributed by atoms with E-state index in [0.29, 0.717) is 19.4 Å². The van der Waals surface area contributed by atoms with Crippen LogP contribution in [0.4, 0.5) is 4.79 Å². The van der Waals surface area contributed by atoms with Crippen LogP contribution in [0.25, 0.3) is 0 Å². The molecular weight excluding hydrogens is 412 g/mol. The molecule has 1 aliphatic heterocycles. The number of methoxy groups -OCH3 is 1. The van der Waals surface area contributed by atoms with Crippen LogP contribution in [0, 0.1) is 0 Å². The van der Waals surface area contributed by atoms with Gasteiger partial charge in [0, 0.05) is 13.0 Å². The van der Waals surface area contributed by atoms with Gasteiger partial charge in [0.05, 0.1) is 7.11 Å². The summed E-state index contributed by atoms with van der Waals surface area (Å²) in [5.74, 6) is -2.38. The zero-order chi connectivity index (χ0) is 22.9. The summed E-state index contributed by atoms with van der Waals surface area (Å²) >= 11 is 0. The molecule has 1 aliphatic rings. The lowest BCUT2D eigenvalue weighted by Crippen LogP contribution is -2.52. The fraction of sp³-hybridized carbons (Fsp3) is 0.333. The molecule has 0 unspecified atom stereocenters. The van der Waals surface area contributed by atoms with Crippen molar-refractivity contribution in [2.45, 2.75) is 38.0 Å². The highest BCUT2D eigenvalue weighted by molar-refractivity contribution is 6.36. The number of esters is 1. The average Bonchev–Trinajstić information content (AvgIpc) is 3.33. The summed E-state index contributed by atoms with van der Waals surface area (Å²) < 4.78 is 9.91. The van der Waals surface area contributed by atoms with Gasteiger partial charge in [-0.15, -0.1) is 0 Å². The maximum absolute atomic E-state index is 13.0. The SMILES string of the molecule is COC(=O)C(=O)[C@H](Cc1ccccc1)NC(=O)[C@@H]1CCCN1C(=O)OCc1ccccc1. The Bertz CT molecular complexity index is 947. The molecule has 2 aromatic carbocycles. The van der Waals surface area contributed by atoms with E-state index < -0.39 is 35.8 Å². The number of benzene rings is 2. The molecule has 1 N–H and O–H groups in total. The van der Waals surface area contributed by atoms with Crippen LogP contribution in [0.3, 0.4) is 0 Å². The van der Waals surface area contributed by atoms with Gasteiger partial charge in [-0.05, 0) is 24.0 Å². The maximum atomic E-state index is 13.0. The molecule has 0 aliphatic carbocycles. The minimum Gasteiger partial charge on any atom is -0.463 e. The van der Waals surface area contributed by atoms with Gasteiger partial charge < -0.3 is 14.8 Å². The Labute approximate surface area is 186 Å². The molecule has 0 aromatic heterocycles. The maximum Gasteiger partial charge on any atom is 0.410 e. The third kappa shape index (κ3) is 5.94. The van der Waals surface area contributed by atoms with Crippen LogP contribution in [0.2, 0.25) is 0 Å². The standard InChI is InChI=1S/C24H26N2O6/c1-31-23(29)21(27)19(15-17-9-4-2-5-10-17)25-22(28)20-13-8-14-26(20)24(30)32-16-18-11-6-3-7-12-18/h2-7,9-12,19-20H,8,13-16H2,1H3,(H,25,28)/t19-,20-/m0/s1. The monoisotopic (exact) mass is 438 g/mol. The predicted molar refractivity (Wildman–Crippen MR) is 115 cm³/mol. The van der Waals surface area contributed by atoms with E-state index in [1.807, 2.05) is 36.4 Å². The lowest BCUT2D eigenvalue weighted by molar-refractivity contribution is -0.153. The second-order valence-electron chi connectivity index (χ2n) is 7.50. The van der Waals surface area contributed by atoms with Gasteiger partial charge in [0.2, 0.25) is 5.91 Å². The van der Waals surface area contributed by atoms with Gasteiger partial charge >= 0.3 is 12.1 Å². The van der Waals surface area contributed by atoms with E-state index in [2.05, 4.69) is 10.1 Å². The first-order chi connectivity index (χ1) is 15.5. The molecule has 1 saturated heterocycles. The highest BCUT2D eigenvalue weighted by Gasteiger charge is 2.37. The molecule has 3 rings (SSSR count). The van der Waals surface area contributed by atoms with Crippen molar-refractivity contribution in [3.63, 3.8) is 0 Å². The molecule has 8 nitrogen and oxygen atoms in total. The number of hydrogen-bond acceptors (Lipinski definition) is 6. The van der Waals surface area contributed by atoms with E-state index >= 15 is 0 Å². The van der Waals surface area contributed by atoms with Gasteiger partial charge in [-0.1, -0.05) is 60.7 Å². The number of nitrogens with zero attached hydrogens (tertiary/aromatic N) is 1. The number of ketones is 1. The molecule has 2 atom stereocenters. The lowest BCUT2D eigenvalue weighted by Gasteiger charge is -2.25. The fourth-order valence-corrected chi connectivity index (χ4v) is 3.63. The van der Waals surface area contributed by atoms with E-state index in [1.54, 1.807) is 24.3 Å². The normalized spacial score (nSPS) is 16.2. The number of Topliss-reactive ketones (excluding diaryl/α,β-unsaturated/α-hetero) is 1. The van der Waals surface area contributed by atoms with Gasteiger partial charge in [0.25, 0.3) is 5.78 Å². The molecule has 168 valence electrons. The van der Waals surface area contributed by atoms with Crippen molar-refractivity contribution in [3.05, 3.63) is 71.8 Å². The van der Waals surface area contributed by atoms with Crippen LogP contribution in [0.15, 0.2) is 60.7 Å². The smallest absolute Gasteiger partial charge is 0.410 e. The van der Waals surface area contributed by atoms with Crippen LogP contribution in [-0.2, 0) is 36.9 Å². The van der Waals surface area contributed by atoms with Crippen molar-refractivity contribution in [3.8, 4) is 0 Å². The molecule has 8 heteroatoms. The number of amides is 2. The van der Waals surface area contributed by atoms with E-state index in [9.17, 15) is 19.2 Å². The van der Waals surface area contributed by atoms with Crippen LogP contribution >= 0.6 is 0 Å². The van der Waals surface area contributed by atoms with Crippen molar-refractivity contribution in [2.24, 2.45) is 0 Å². The van der Waals surface area contributed by atoms with Gasteiger partial charge in [-0.3, -0.25) is 14.5 Å². The number of carbonyl (C=O) groups excluding carboxylic acids is 4. The van der Waals surface area contributed by atoms with Crippen LogP contribution in [0.1, 0.15) is 24.0 Å². The van der Waals surface area contributed by atoms with Crippen LogP contribution in [-0.4, -0.2) is 54.4 Å². The first-order valence-corrected chi connectivity index (χ1v) is 10.4. The van der Waals surface area contributed by atoms with Crippen LogP contribution < -0.4 is 5.32 Å². The summed E-state index contributed by atoms with van der Waals surface area (Å²) in [6, 6.07) is 16.4. The van der Waals surface area contributed by atoms with Gasteiger partial charge in [-0.25, -0.2) is 9.59 Å². The number of likely N-dealkylation sites (tertiary alicyclic amines) is 1. The molecule has 0 bridgehead atoms. The number of hydrogen-bond donors (Lipinski definition) is 1. The number of ether oxygens (including phenoxy) is 2. The van der Waals surface area contributed by atoms with Crippen molar-refractivity contribution in [1.29, 1.82) is 0 Å². The Morgan fingerprint density at radius 3 is 2.25 bits per heavy atom. The van der Waals surface area contributed by atoms with Crippen molar-refractivity contribution in [1.82, 2.24) is 10.2 Å². The molecule has 32 heavy (non-hydrogen) atoms. The summed E-state index contributed by atoms with van der Waals surface area (Å²) in [5, 5.41) is 2.64. The molecular formula is C24H26N2O6. The molecule has 0 radical (unpaired) electrons. The minimum absolute atomic E-state index is 0.0992. The Hall–Kier alpha value is -3.68. The van der Waals surface area contributed by atoms with Crippen molar-refractivity contribution in [2.75, 3.05) is 13.7 Å². The second kappa shape index (κ2) is 11.1. The second-order valence-corrected chi connectivity index (χ2v) is 7.50. The van der Waals surface area contributed by atoms with E-state index in [4.69, 9.17) is 4.74 Å². The minimum atomic E-state index is -1.10. The van der Waals surface area contributed by atoms with E-state index in [0.717, 1.165) is 18.2 Å². The zero-order valence-corrected chi connectivity index (χ0v) is 17.9. The summed E-state index contributed by atoms with van der Waals surface area (Å²) in [6.07, 6.45) is 0.611.